The first-order valence-corrected chi connectivity index (χ1v) is 14.2. The Labute approximate surface area is 260 Å². The van der Waals surface area contributed by atoms with E-state index in [-0.39, 0.29) is 6.54 Å². The molecular formula is C34H32ClNO8. The van der Waals surface area contributed by atoms with E-state index in [2.05, 4.69) is 0 Å². The van der Waals surface area contributed by atoms with Gasteiger partial charge in [-0.2, -0.15) is 0 Å². The summed E-state index contributed by atoms with van der Waals surface area (Å²) >= 11 is 6.51. The molecule has 1 N–H and O–H groups in total. The van der Waals surface area contributed by atoms with E-state index in [1.165, 1.54) is 19.1 Å². The molecule has 9 nitrogen and oxygen atoms in total. The highest BCUT2D eigenvalue weighted by atomic mass is 35.5. The molecule has 0 saturated heterocycles. The normalized spacial score (nSPS) is 16.1. The predicted octanol–water partition coefficient (Wildman–Crippen LogP) is 6.44. The molecule has 0 saturated carbocycles. The summed E-state index contributed by atoms with van der Waals surface area (Å²) < 4.78 is 29.3. The van der Waals surface area contributed by atoms with Crippen LogP contribution in [-0.4, -0.2) is 44.4 Å². The molecule has 0 spiro atoms. The van der Waals surface area contributed by atoms with E-state index >= 15 is 0 Å². The average Bonchev–Trinajstić information content (AvgIpc) is 3.14. The van der Waals surface area contributed by atoms with Gasteiger partial charge < -0.3 is 33.7 Å². The third-order valence-corrected chi connectivity index (χ3v) is 7.56. The highest BCUT2D eigenvalue weighted by Gasteiger charge is 2.39. The fourth-order valence-electron chi connectivity index (χ4n) is 5.23. The second kappa shape index (κ2) is 13.7. The Morgan fingerprint density at radius 1 is 0.886 bits per heavy atom. The number of para-hydroxylation sites is 1. The molecule has 1 heterocycles. The molecule has 0 aliphatic carbocycles. The van der Waals surface area contributed by atoms with E-state index in [4.69, 9.17) is 35.3 Å². The second-order valence-electron chi connectivity index (χ2n) is 10.1. The number of amides is 1. The number of rotatable bonds is 11. The van der Waals surface area contributed by atoms with E-state index in [9.17, 15) is 14.7 Å². The molecule has 5 rings (SSSR count). The monoisotopic (exact) mass is 617 g/mol. The van der Waals surface area contributed by atoms with Crippen LogP contribution in [0.3, 0.4) is 0 Å². The molecule has 0 fully saturated rings. The number of halogens is 1. The van der Waals surface area contributed by atoms with Gasteiger partial charge in [-0.15, -0.1) is 0 Å². The number of carbonyl (C=O) groups excluding carboxylic acids is 1. The predicted molar refractivity (Wildman–Crippen MR) is 165 cm³/mol. The van der Waals surface area contributed by atoms with Crippen LogP contribution in [0.2, 0.25) is 5.02 Å². The van der Waals surface area contributed by atoms with Gasteiger partial charge in [0.1, 0.15) is 30.3 Å². The maximum Gasteiger partial charge on any atom is 0.306 e. The SMILES string of the molecule is COc1ccc(CN2C(=O)C(CC(=O)O)OC(c3cccc(OCc4ccccc4)c3OC)c3cc(Cl)ccc32)c(OC)c1. The third kappa shape index (κ3) is 6.59. The molecule has 1 amide bonds. The van der Waals surface area contributed by atoms with Crippen LogP contribution in [0.1, 0.15) is 34.8 Å². The Hall–Kier alpha value is -4.73. The number of fused-ring (bicyclic) bond motifs is 1. The molecule has 228 valence electrons. The van der Waals surface area contributed by atoms with Crippen LogP contribution < -0.4 is 23.8 Å². The lowest BCUT2D eigenvalue weighted by Gasteiger charge is -2.26. The number of methoxy groups -OCH3 is 3. The topological polar surface area (TPSA) is 104 Å². The van der Waals surface area contributed by atoms with Crippen LogP contribution in [0.15, 0.2) is 84.9 Å². The number of aliphatic carboxylic acids is 1. The van der Waals surface area contributed by atoms with Crippen molar-refractivity contribution in [2.24, 2.45) is 0 Å². The second-order valence-corrected chi connectivity index (χ2v) is 10.5. The molecule has 0 aromatic heterocycles. The molecule has 2 atom stereocenters. The van der Waals surface area contributed by atoms with E-state index in [1.807, 2.05) is 30.3 Å². The minimum Gasteiger partial charge on any atom is -0.497 e. The van der Waals surface area contributed by atoms with Crippen LogP contribution in [0.25, 0.3) is 0 Å². The minimum absolute atomic E-state index is 0.0736. The summed E-state index contributed by atoms with van der Waals surface area (Å²) in [6, 6.07) is 25.5. The number of hydrogen-bond acceptors (Lipinski definition) is 7. The van der Waals surface area contributed by atoms with Crippen LogP contribution in [0, 0.1) is 0 Å². The number of carboxylic acid groups (broad SMARTS) is 1. The summed E-state index contributed by atoms with van der Waals surface area (Å²) in [5.41, 5.74) is 3.27. The van der Waals surface area contributed by atoms with Gasteiger partial charge in [0.05, 0.1) is 40.0 Å². The van der Waals surface area contributed by atoms with Crippen molar-refractivity contribution >= 4 is 29.2 Å². The number of carbonyl (C=O) groups is 2. The molecule has 4 aromatic rings. The van der Waals surface area contributed by atoms with Gasteiger partial charge in [-0.05, 0) is 42.0 Å². The first kappa shape index (κ1) is 30.7. The summed E-state index contributed by atoms with van der Waals surface area (Å²) in [4.78, 5) is 27.6. The summed E-state index contributed by atoms with van der Waals surface area (Å²) in [5, 5.41) is 10.2. The zero-order chi connectivity index (χ0) is 31.2. The largest absolute Gasteiger partial charge is 0.497 e. The number of nitrogens with zero attached hydrogens (tertiary/aromatic N) is 1. The summed E-state index contributed by atoms with van der Waals surface area (Å²) in [7, 11) is 4.60. The first-order chi connectivity index (χ1) is 21.3. The quantitative estimate of drug-likeness (QED) is 0.205. The summed E-state index contributed by atoms with van der Waals surface area (Å²) in [6.07, 6.45) is -2.80. The van der Waals surface area contributed by atoms with Crippen LogP contribution in [0.4, 0.5) is 5.69 Å². The molecule has 1 aliphatic heterocycles. The van der Waals surface area contributed by atoms with Crippen molar-refractivity contribution in [1.29, 1.82) is 0 Å². The van der Waals surface area contributed by atoms with E-state index in [0.717, 1.165) is 5.56 Å². The van der Waals surface area contributed by atoms with Gasteiger partial charge in [0, 0.05) is 27.8 Å². The number of hydrogen-bond donors (Lipinski definition) is 1. The third-order valence-electron chi connectivity index (χ3n) is 7.32. The van der Waals surface area contributed by atoms with Crippen molar-refractivity contribution in [3.8, 4) is 23.0 Å². The van der Waals surface area contributed by atoms with E-state index < -0.39 is 30.5 Å². The van der Waals surface area contributed by atoms with Crippen LogP contribution >= 0.6 is 11.6 Å². The molecule has 4 aromatic carbocycles. The molecule has 10 heteroatoms. The molecule has 44 heavy (non-hydrogen) atoms. The van der Waals surface area contributed by atoms with Crippen molar-refractivity contribution in [1.82, 2.24) is 0 Å². The van der Waals surface area contributed by atoms with Crippen LogP contribution in [-0.2, 0) is 27.5 Å². The molecular weight excluding hydrogens is 586 g/mol. The highest BCUT2D eigenvalue weighted by molar-refractivity contribution is 6.30. The van der Waals surface area contributed by atoms with Crippen molar-refractivity contribution < 1.29 is 38.4 Å². The fraction of sp³-hybridized carbons (Fsp3) is 0.235. The fourth-order valence-corrected chi connectivity index (χ4v) is 5.41. The van der Waals surface area contributed by atoms with Gasteiger partial charge in [0.2, 0.25) is 0 Å². The lowest BCUT2D eigenvalue weighted by Crippen LogP contribution is -2.40. The smallest absolute Gasteiger partial charge is 0.306 e. The van der Waals surface area contributed by atoms with Gasteiger partial charge >= 0.3 is 5.97 Å². The zero-order valence-electron chi connectivity index (χ0n) is 24.5. The minimum atomic E-state index is -1.33. The number of ether oxygens (including phenoxy) is 5. The molecule has 0 radical (unpaired) electrons. The maximum absolute atomic E-state index is 14.1. The Balaban J connectivity index is 1.61. The van der Waals surface area contributed by atoms with Crippen molar-refractivity contribution in [3.05, 3.63) is 112 Å². The Morgan fingerprint density at radius 3 is 2.39 bits per heavy atom. The Kier molecular flexibility index (Phi) is 9.57. The van der Waals surface area contributed by atoms with E-state index in [1.54, 1.807) is 61.7 Å². The van der Waals surface area contributed by atoms with Crippen molar-refractivity contribution in [2.45, 2.75) is 31.8 Å². The summed E-state index contributed by atoms with van der Waals surface area (Å²) in [6.45, 7) is 0.371. The lowest BCUT2D eigenvalue weighted by molar-refractivity contribution is -0.147. The van der Waals surface area contributed by atoms with Gasteiger partial charge in [0.15, 0.2) is 11.5 Å². The van der Waals surface area contributed by atoms with Crippen molar-refractivity contribution in [3.63, 3.8) is 0 Å². The average molecular weight is 618 g/mol. The number of benzene rings is 4. The lowest BCUT2D eigenvalue weighted by atomic mass is 9.97. The van der Waals surface area contributed by atoms with Gasteiger partial charge in [0.25, 0.3) is 5.91 Å². The number of carboxylic acids is 1. The van der Waals surface area contributed by atoms with E-state index in [0.29, 0.717) is 57.0 Å². The molecule has 1 aliphatic rings. The van der Waals surface area contributed by atoms with Gasteiger partial charge in [-0.3, -0.25) is 9.59 Å². The Morgan fingerprint density at radius 2 is 1.68 bits per heavy atom. The zero-order valence-corrected chi connectivity index (χ0v) is 25.2. The molecule has 0 bridgehead atoms. The van der Waals surface area contributed by atoms with Gasteiger partial charge in [-0.1, -0.05) is 54.1 Å². The maximum atomic E-state index is 14.1. The van der Waals surface area contributed by atoms with Gasteiger partial charge in [-0.25, -0.2) is 0 Å². The first-order valence-electron chi connectivity index (χ1n) is 13.9. The standard InChI is InChI=1S/C34H32ClNO8/c1-40-24-14-12-22(29(17-24)41-2)19-36-27-15-13-23(35)16-26(27)32(44-30(34(36)39)18-31(37)38)25-10-7-11-28(33(25)42-3)43-20-21-8-5-4-6-9-21/h4-17,30,32H,18-20H2,1-3H3,(H,37,38). The number of anilines is 1. The van der Waals surface area contributed by atoms with Crippen molar-refractivity contribution in [2.75, 3.05) is 26.2 Å². The Bertz CT molecular complexity index is 1640. The molecule has 2 unspecified atom stereocenters. The van der Waals surface area contributed by atoms with Crippen LogP contribution in [0.5, 0.6) is 23.0 Å². The summed E-state index contributed by atoms with van der Waals surface area (Å²) in [5.74, 6) is 0.256. The highest BCUT2D eigenvalue weighted by Crippen LogP contribution is 2.46.